The minimum atomic E-state index is -2.93. The van der Waals surface area contributed by atoms with E-state index in [0.29, 0.717) is 30.2 Å². The van der Waals surface area contributed by atoms with Crippen LogP contribution < -0.4 is 14.8 Å². The Morgan fingerprint density at radius 3 is 2.66 bits per heavy atom. The second kappa shape index (κ2) is 9.33. The molecule has 1 aromatic carbocycles. The number of alkyl halides is 2. The number of aromatic nitrogens is 4. The first kappa shape index (κ1) is 21.1. The van der Waals surface area contributed by atoms with Crippen LogP contribution in [0.2, 0.25) is 0 Å². The summed E-state index contributed by atoms with van der Waals surface area (Å²) in [7, 11) is 0. The van der Waals surface area contributed by atoms with Crippen LogP contribution in [-0.4, -0.2) is 56.5 Å². The van der Waals surface area contributed by atoms with Gasteiger partial charge in [-0.1, -0.05) is 12.6 Å². The van der Waals surface area contributed by atoms with E-state index in [4.69, 9.17) is 4.74 Å². The van der Waals surface area contributed by atoms with Gasteiger partial charge in [0.05, 0.1) is 24.1 Å². The van der Waals surface area contributed by atoms with Crippen molar-refractivity contribution in [2.75, 3.05) is 18.4 Å². The van der Waals surface area contributed by atoms with Crippen molar-refractivity contribution >= 4 is 11.7 Å². The van der Waals surface area contributed by atoms with Crippen LogP contribution in [0.15, 0.2) is 61.7 Å². The zero-order valence-electron chi connectivity index (χ0n) is 16.7. The van der Waals surface area contributed by atoms with E-state index in [1.54, 1.807) is 23.4 Å². The van der Waals surface area contributed by atoms with E-state index in [1.165, 1.54) is 36.7 Å². The van der Waals surface area contributed by atoms with Crippen molar-refractivity contribution < 1.29 is 23.0 Å². The molecule has 3 aromatic rings. The molecule has 1 amide bonds. The van der Waals surface area contributed by atoms with Gasteiger partial charge in [0, 0.05) is 37.1 Å². The number of rotatable bonds is 8. The van der Waals surface area contributed by atoms with Crippen LogP contribution in [0.5, 0.6) is 17.5 Å². The fraction of sp³-hybridized carbons (Fsp3) is 0.190. The summed E-state index contributed by atoms with van der Waals surface area (Å²) in [5.74, 6) is 0.688. The summed E-state index contributed by atoms with van der Waals surface area (Å²) in [5.41, 5.74) is 1.16. The molecule has 11 heteroatoms. The molecule has 164 valence electrons. The molecule has 1 saturated heterocycles. The normalized spacial score (nSPS) is 13.4. The molecular formula is C21H18F2N6O3. The quantitative estimate of drug-likeness (QED) is 0.533. The van der Waals surface area contributed by atoms with Gasteiger partial charge < -0.3 is 19.7 Å². The highest BCUT2D eigenvalue weighted by Crippen LogP contribution is 2.25. The van der Waals surface area contributed by atoms with Crippen molar-refractivity contribution in [1.82, 2.24) is 24.8 Å². The van der Waals surface area contributed by atoms with Gasteiger partial charge in [-0.2, -0.15) is 8.78 Å². The number of amides is 1. The molecule has 0 radical (unpaired) electrons. The summed E-state index contributed by atoms with van der Waals surface area (Å²) in [6.07, 6.45) is 7.49. The molecule has 1 aliphatic heterocycles. The Labute approximate surface area is 181 Å². The van der Waals surface area contributed by atoms with E-state index in [0.717, 1.165) is 0 Å². The van der Waals surface area contributed by atoms with Crippen molar-refractivity contribution in [1.29, 1.82) is 0 Å². The number of carbonyl (C=O) groups is 1. The van der Waals surface area contributed by atoms with E-state index < -0.39 is 6.61 Å². The van der Waals surface area contributed by atoms with Gasteiger partial charge in [-0.05, 0) is 18.2 Å². The first-order chi connectivity index (χ1) is 15.5. The van der Waals surface area contributed by atoms with Crippen molar-refractivity contribution in [2.45, 2.75) is 12.7 Å². The number of likely N-dealkylation sites (tertiary alicyclic amines) is 1. The Morgan fingerprint density at radius 2 is 1.94 bits per heavy atom. The Kier molecular flexibility index (Phi) is 6.15. The highest BCUT2D eigenvalue weighted by Gasteiger charge is 2.29. The fourth-order valence-electron chi connectivity index (χ4n) is 2.98. The minimum absolute atomic E-state index is 0.0304. The highest BCUT2D eigenvalue weighted by atomic mass is 19.3. The molecule has 0 bridgehead atoms. The number of nitrogens with one attached hydrogen (secondary N) is 1. The zero-order chi connectivity index (χ0) is 22.5. The van der Waals surface area contributed by atoms with Crippen molar-refractivity contribution in [2.24, 2.45) is 0 Å². The molecule has 0 spiro atoms. The lowest BCUT2D eigenvalue weighted by molar-refractivity contribution is -0.129. The van der Waals surface area contributed by atoms with Crippen LogP contribution in [-0.2, 0) is 4.79 Å². The molecule has 0 atom stereocenters. The third-order valence-electron chi connectivity index (χ3n) is 4.52. The number of halogens is 2. The van der Waals surface area contributed by atoms with Crippen LogP contribution >= 0.6 is 0 Å². The third-order valence-corrected chi connectivity index (χ3v) is 4.52. The first-order valence-corrected chi connectivity index (χ1v) is 9.55. The predicted molar refractivity (Wildman–Crippen MR) is 110 cm³/mol. The Bertz CT molecular complexity index is 1110. The van der Waals surface area contributed by atoms with Gasteiger partial charge in [0.2, 0.25) is 5.91 Å². The third kappa shape index (κ3) is 5.12. The van der Waals surface area contributed by atoms with E-state index in [9.17, 15) is 13.6 Å². The highest BCUT2D eigenvalue weighted by molar-refractivity contribution is 5.87. The smallest absolute Gasteiger partial charge is 0.387 e. The molecule has 0 saturated carbocycles. The summed E-state index contributed by atoms with van der Waals surface area (Å²) in [5, 5.41) is 3.23. The van der Waals surface area contributed by atoms with Crippen LogP contribution in [0.3, 0.4) is 0 Å². The van der Waals surface area contributed by atoms with Crippen LogP contribution in [0.4, 0.5) is 14.6 Å². The van der Waals surface area contributed by atoms with Crippen LogP contribution in [0, 0.1) is 0 Å². The molecule has 4 rings (SSSR count). The van der Waals surface area contributed by atoms with Crippen LogP contribution in [0.25, 0.3) is 11.3 Å². The molecule has 0 unspecified atom stereocenters. The molecule has 1 N–H and O–H groups in total. The van der Waals surface area contributed by atoms with Crippen molar-refractivity contribution in [3.8, 4) is 28.8 Å². The largest absolute Gasteiger partial charge is 0.435 e. The van der Waals surface area contributed by atoms with Gasteiger partial charge >= 0.3 is 12.6 Å². The van der Waals surface area contributed by atoms with Gasteiger partial charge in [-0.3, -0.25) is 9.78 Å². The summed E-state index contributed by atoms with van der Waals surface area (Å²) in [6.45, 7) is 1.68. The second-order valence-corrected chi connectivity index (χ2v) is 6.79. The predicted octanol–water partition coefficient (Wildman–Crippen LogP) is 3.14. The van der Waals surface area contributed by atoms with Gasteiger partial charge in [0.1, 0.15) is 17.3 Å². The fourth-order valence-corrected chi connectivity index (χ4v) is 2.98. The summed E-state index contributed by atoms with van der Waals surface area (Å²) in [6, 6.07) is 5.91. The maximum absolute atomic E-state index is 12.3. The molecule has 32 heavy (non-hydrogen) atoms. The Morgan fingerprint density at radius 1 is 1.19 bits per heavy atom. The van der Waals surface area contributed by atoms with Crippen LogP contribution in [0.1, 0.15) is 0 Å². The molecule has 9 nitrogen and oxygen atoms in total. The number of nitrogens with zero attached hydrogens (tertiary/aromatic N) is 5. The zero-order valence-corrected chi connectivity index (χ0v) is 16.7. The lowest BCUT2D eigenvalue weighted by Crippen LogP contribution is -2.56. The second-order valence-electron chi connectivity index (χ2n) is 6.79. The van der Waals surface area contributed by atoms with Gasteiger partial charge in [0.15, 0.2) is 0 Å². The summed E-state index contributed by atoms with van der Waals surface area (Å²) in [4.78, 5) is 30.1. The van der Waals surface area contributed by atoms with Gasteiger partial charge in [-0.25, -0.2) is 15.0 Å². The molecule has 0 aliphatic carbocycles. The summed E-state index contributed by atoms with van der Waals surface area (Å²) >= 11 is 0. The molecular weight excluding hydrogens is 422 g/mol. The maximum Gasteiger partial charge on any atom is 0.387 e. The van der Waals surface area contributed by atoms with E-state index in [1.807, 2.05) is 0 Å². The van der Waals surface area contributed by atoms with E-state index in [-0.39, 0.29) is 29.5 Å². The number of hydrogen-bond donors (Lipinski definition) is 1. The number of ether oxygens (including phenoxy) is 2. The lowest BCUT2D eigenvalue weighted by atomic mass is 10.1. The molecule has 1 aliphatic rings. The van der Waals surface area contributed by atoms with E-state index >= 15 is 0 Å². The molecule has 3 heterocycles. The van der Waals surface area contributed by atoms with E-state index in [2.05, 4.69) is 36.6 Å². The molecule has 1 fully saturated rings. The molecule has 2 aromatic heterocycles. The van der Waals surface area contributed by atoms with Gasteiger partial charge in [-0.15, -0.1) is 0 Å². The van der Waals surface area contributed by atoms with Crippen molar-refractivity contribution in [3.63, 3.8) is 0 Å². The maximum atomic E-state index is 12.3. The SMILES string of the molecule is C=CC(=O)N1CC(Nc2cncc(-c3cnc(Oc4cccc(OC(F)F)c4)nc3)n2)C1. The van der Waals surface area contributed by atoms with Crippen molar-refractivity contribution in [3.05, 3.63) is 61.7 Å². The Hall–Kier alpha value is -4.15. The summed E-state index contributed by atoms with van der Waals surface area (Å²) < 4.78 is 34.5. The lowest BCUT2D eigenvalue weighted by Gasteiger charge is -2.39. The number of benzene rings is 1. The monoisotopic (exact) mass is 440 g/mol. The standard InChI is InChI=1S/C21H18F2N6O3/c1-2-19(30)29-11-14(12-29)27-18-10-24-9-17(28-18)13-7-25-21(26-8-13)32-16-5-3-4-15(6-16)31-20(22)23/h2-10,14,20H,1,11-12H2,(H,27,28). The number of carbonyl (C=O) groups excluding carboxylic acids is 1. The average Bonchev–Trinajstić information content (AvgIpc) is 2.76. The first-order valence-electron chi connectivity index (χ1n) is 9.55. The number of hydrogen-bond acceptors (Lipinski definition) is 8. The average molecular weight is 440 g/mol. The van der Waals surface area contributed by atoms with Gasteiger partial charge in [0.25, 0.3) is 0 Å². The minimum Gasteiger partial charge on any atom is -0.435 e. The topological polar surface area (TPSA) is 102 Å². The number of anilines is 1. The Balaban J connectivity index is 1.38.